The first-order chi connectivity index (χ1) is 5.00. The van der Waals surface area contributed by atoms with Crippen LogP contribution < -0.4 is 0 Å². The lowest BCUT2D eigenvalue weighted by molar-refractivity contribution is -0.248. The van der Waals surface area contributed by atoms with Crippen LogP contribution in [0, 0.1) is 0 Å². The number of hydrogen-bond donors (Lipinski definition) is 0. The van der Waals surface area contributed by atoms with Crippen LogP contribution in [0.4, 0.5) is 0 Å². The quantitative estimate of drug-likeness (QED) is 0.525. The standard InChI is InChI=1S/C7H7NO2.ClH/c1-2-4-6-8-10-9-7-5-3-1;/h1-7H;1H/b3-1?,4-2?,7-5+,8-6+;. The first-order valence-corrected chi connectivity index (χ1v) is 2.84. The maximum atomic E-state index is 4.45. The molecule has 1 heterocycles. The third-order valence-electron chi connectivity index (χ3n) is 0.812. The summed E-state index contributed by atoms with van der Waals surface area (Å²) >= 11 is 0. The van der Waals surface area contributed by atoms with Crippen molar-refractivity contribution in [2.75, 3.05) is 0 Å². The average Bonchev–Trinajstić information content (AvgIpc) is 2.01. The Labute approximate surface area is 71.0 Å². The molecule has 0 N–H and O–H groups in total. The zero-order valence-electron chi connectivity index (χ0n) is 5.71. The lowest BCUT2D eigenvalue weighted by Gasteiger charge is -1.89. The number of hydrogen-bond acceptors (Lipinski definition) is 3. The molecule has 1 aliphatic rings. The zero-order valence-corrected chi connectivity index (χ0v) is 6.53. The summed E-state index contributed by atoms with van der Waals surface area (Å²) in [6, 6.07) is 0. The molecule has 0 unspecified atom stereocenters. The van der Waals surface area contributed by atoms with Crippen LogP contribution in [0.5, 0.6) is 0 Å². The summed E-state index contributed by atoms with van der Waals surface area (Å²) in [5.74, 6) is 0. The van der Waals surface area contributed by atoms with Gasteiger partial charge < -0.3 is 0 Å². The molecular weight excluding hydrogens is 166 g/mol. The van der Waals surface area contributed by atoms with Gasteiger partial charge in [-0.15, -0.1) is 12.4 Å². The highest BCUT2D eigenvalue weighted by atomic mass is 35.5. The molecule has 0 atom stereocenters. The van der Waals surface area contributed by atoms with Crippen LogP contribution in [0.3, 0.4) is 0 Å². The third-order valence-corrected chi connectivity index (χ3v) is 0.812. The zero-order chi connectivity index (χ0) is 7.07. The molecule has 1 rings (SSSR count). The second kappa shape index (κ2) is 6.89. The first kappa shape index (κ1) is 9.78. The normalized spacial score (nSPS) is 20.4. The summed E-state index contributed by atoms with van der Waals surface area (Å²) in [4.78, 5) is 8.75. The van der Waals surface area contributed by atoms with E-state index in [9.17, 15) is 0 Å². The van der Waals surface area contributed by atoms with Gasteiger partial charge in [-0.25, -0.2) is 0 Å². The highest BCUT2D eigenvalue weighted by Crippen LogP contribution is 1.86. The number of oxime groups is 1. The molecule has 1 aliphatic heterocycles. The van der Waals surface area contributed by atoms with E-state index in [1.54, 1.807) is 12.2 Å². The molecule has 0 aromatic rings. The molecule has 4 heteroatoms. The Balaban J connectivity index is 0.000001000. The lowest BCUT2D eigenvalue weighted by atomic mass is 10.4. The van der Waals surface area contributed by atoms with Crippen molar-refractivity contribution in [3.05, 3.63) is 36.6 Å². The minimum absolute atomic E-state index is 0. The van der Waals surface area contributed by atoms with Gasteiger partial charge in [0.2, 0.25) is 0 Å². The Morgan fingerprint density at radius 3 is 2.55 bits per heavy atom. The van der Waals surface area contributed by atoms with E-state index in [2.05, 4.69) is 15.0 Å². The van der Waals surface area contributed by atoms with Crippen LogP contribution in [0.2, 0.25) is 0 Å². The highest BCUT2D eigenvalue weighted by molar-refractivity contribution is 5.85. The van der Waals surface area contributed by atoms with Gasteiger partial charge in [-0.05, 0) is 17.3 Å². The molecule has 60 valence electrons. The van der Waals surface area contributed by atoms with Crippen molar-refractivity contribution in [2.24, 2.45) is 5.16 Å². The van der Waals surface area contributed by atoms with E-state index < -0.39 is 0 Å². The van der Waals surface area contributed by atoms with Gasteiger partial charge in [-0.3, -0.25) is 4.89 Å². The fourth-order valence-electron chi connectivity index (χ4n) is 0.429. The predicted octanol–water partition coefficient (Wildman–Crippen LogP) is 1.98. The number of halogens is 1. The van der Waals surface area contributed by atoms with Crippen molar-refractivity contribution in [2.45, 2.75) is 0 Å². The van der Waals surface area contributed by atoms with Crippen LogP contribution in [-0.2, 0) is 9.88 Å². The molecule has 0 fully saturated rings. The summed E-state index contributed by atoms with van der Waals surface area (Å²) in [6.45, 7) is 0. The lowest BCUT2D eigenvalue weighted by Crippen LogP contribution is -1.77. The summed E-state index contributed by atoms with van der Waals surface area (Å²) in [6.07, 6.45) is 11.8. The van der Waals surface area contributed by atoms with Gasteiger partial charge in [0.1, 0.15) is 6.26 Å². The van der Waals surface area contributed by atoms with E-state index in [-0.39, 0.29) is 12.4 Å². The molecule has 0 bridgehead atoms. The predicted molar refractivity (Wildman–Crippen MR) is 45.3 cm³/mol. The van der Waals surface area contributed by atoms with Crippen molar-refractivity contribution < 1.29 is 9.88 Å². The van der Waals surface area contributed by atoms with E-state index in [0.29, 0.717) is 0 Å². The summed E-state index contributed by atoms with van der Waals surface area (Å²) in [5, 5.41) is 3.41. The minimum Gasteiger partial charge on any atom is -0.276 e. The maximum absolute atomic E-state index is 4.45. The van der Waals surface area contributed by atoms with Crippen LogP contribution in [0.25, 0.3) is 0 Å². The molecule has 0 amide bonds. The van der Waals surface area contributed by atoms with Gasteiger partial charge in [0.05, 0.1) is 6.21 Å². The van der Waals surface area contributed by atoms with E-state index in [0.717, 1.165) is 0 Å². The molecule has 0 spiro atoms. The molecule has 0 radical (unpaired) electrons. The van der Waals surface area contributed by atoms with Crippen molar-refractivity contribution in [3.63, 3.8) is 0 Å². The maximum Gasteiger partial charge on any atom is 0.145 e. The Kier molecular flexibility index (Phi) is 6.13. The van der Waals surface area contributed by atoms with Gasteiger partial charge >= 0.3 is 0 Å². The van der Waals surface area contributed by atoms with Gasteiger partial charge in [-0.1, -0.05) is 18.2 Å². The molecule has 0 saturated carbocycles. The van der Waals surface area contributed by atoms with Crippen molar-refractivity contribution >= 4 is 18.6 Å². The van der Waals surface area contributed by atoms with Crippen LogP contribution in [0.1, 0.15) is 0 Å². The van der Waals surface area contributed by atoms with E-state index >= 15 is 0 Å². The Morgan fingerprint density at radius 2 is 1.64 bits per heavy atom. The molecule has 0 saturated heterocycles. The summed E-state index contributed by atoms with van der Waals surface area (Å²) in [7, 11) is 0. The monoisotopic (exact) mass is 173 g/mol. The summed E-state index contributed by atoms with van der Waals surface area (Å²) in [5.41, 5.74) is 0. The fraction of sp³-hybridized carbons (Fsp3) is 0. The van der Waals surface area contributed by atoms with Gasteiger partial charge in [0, 0.05) is 0 Å². The summed E-state index contributed by atoms with van der Waals surface area (Å²) < 4.78 is 0. The van der Waals surface area contributed by atoms with Gasteiger partial charge in [-0.2, -0.15) is 4.99 Å². The molecule has 11 heavy (non-hydrogen) atoms. The second-order valence-electron chi connectivity index (χ2n) is 1.52. The largest absolute Gasteiger partial charge is 0.276 e. The van der Waals surface area contributed by atoms with Gasteiger partial charge in [0.25, 0.3) is 0 Å². The Bertz CT molecular complexity index is 175. The topological polar surface area (TPSA) is 30.8 Å². The molecule has 0 aromatic heterocycles. The number of allylic oxidation sites excluding steroid dienone is 5. The van der Waals surface area contributed by atoms with Crippen molar-refractivity contribution in [3.8, 4) is 0 Å². The molecule has 0 aliphatic carbocycles. The third kappa shape index (κ3) is 5.24. The van der Waals surface area contributed by atoms with E-state index in [4.69, 9.17) is 0 Å². The minimum atomic E-state index is 0. The Hall–Kier alpha value is -1.22. The second-order valence-corrected chi connectivity index (χ2v) is 1.52. The molecule has 0 aromatic carbocycles. The smallest absolute Gasteiger partial charge is 0.145 e. The van der Waals surface area contributed by atoms with Crippen LogP contribution in [-0.4, -0.2) is 6.21 Å². The SMILES string of the molecule is C1=C/C=C/OO/N=C/C=C1.Cl. The van der Waals surface area contributed by atoms with E-state index in [1.807, 2.05) is 18.2 Å². The number of nitrogens with zero attached hydrogens (tertiary/aromatic N) is 1. The number of rotatable bonds is 0. The molecular formula is C7H8ClNO2. The van der Waals surface area contributed by atoms with Crippen molar-refractivity contribution in [1.82, 2.24) is 0 Å². The fourth-order valence-corrected chi connectivity index (χ4v) is 0.429. The first-order valence-electron chi connectivity index (χ1n) is 2.84. The molecule has 3 nitrogen and oxygen atoms in total. The van der Waals surface area contributed by atoms with Crippen LogP contribution >= 0.6 is 12.4 Å². The average molecular weight is 174 g/mol. The van der Waals surface area contributed by atoms with E-state index in [1.165, 1.54) is 12.5 Å². The highest BCUT2D eigenvalue weighted by Gasteiger charge is 1.73. The Morgan fingerprint density at radius 1 is 0.909 bits per heavy atom. The van der Waals surface area contributed by atoms with Gasteiger partial charge in [0.15, 0.2) is 0 Å². The van der Waals surface area contributed by atoms with Crippen LogP contribution in [0.15, 0.2) is 41.8 Å². The van der Waals surface area contributed by atoms with Crippen molar-refractivity contribution in [1.29, 1.82) is 0 Å².